The third kappa shape index (κ3) is 4.14. The number of rotatable bonds is 7. The van der Waals surface area contributed by atoms with Crippen LogP contribution in [0.15, 0.2) is 54.6 Å². The molecule has 1 unspecified atom stereocenters. The highest BCUT2D eigenvalue weighted by Gasteiger charge is 2.54. The van der Waals surface area contributed by atoms with Crippen molar-refractivity contribution < 1.29 is 36.6 Å². The van der Waals surface area contributed by atoms with Crippen LogP contribution in [-0.4, -0.2) is 23.6 Å². The van der Waals surface area contributed by atoms with E-state index in [1.807, 2.05) is 0 Å². The molecule has 1 N–H and O–H groups in total. The highest BCUT2D eigenvalue weighted by molar-refractivity contribution is 5.80. The first-order valence-corrected chi connectivity index (χ1v) is 7.07. The van der Waals surface area contributed by atoms with Crippen molar-refractivity contribution in [1.29, 1.82) is 0 Å². The molecule has 0 heterocycles. The Kier molecular flexibility index (Phi) is 5.42. The van der Waals surface area contributed by atoms with Crippen molar-refractivity contribution >= 4 is 5.97 Å². The second-order valence-electron chi connectivity index (χ2n) is 5.27. The molecule has 0 saturated carbocycles. The zero-order chi connectivity index (χ0) is 18.7. The highest BCUT2D eigenvalue weighted by Crippen LogP contribution is 2.39. The Hall–Kier alpha value is -2.48. The average Bonchev–Trinajstić information content (AvgIpc) is 2.56. The molecule has 0 aromatic heterocycles. The van der Waals surface area contributed by atoms with Crippen LogP contribution in [0.25, 0.3) is 0 Å². The maximum absolute atomic E-state index is 13.6. The average molecular weight is 360 g/mol. The number of carboxylic acid groups (broad SMARTS) is 1. The lowest BCUT2D eigenvalue weighted by Crippen LogP contribution is -2.48. The molecule has 0 saturated heterocycles. The van der Waals surface area contributed by atoms with Crippen molar-refractivity contribution in [2.75, 3.05) is 0 Å². The van der Waals surface area contributed by atoms with Crippen molar-refractivity contribution in [2.24, 2.45) is 0 Å². The molecule has 2 aromatic carbocycles. The van der Waals surface area contributed by atoms with Gasteiger partial charge in [-0.1, -0.05) is 42.5 Å². The van der Waals surface area contributed by atoms with Gasteiger partial charge in [0, 0.05) is 6.42 Å². The normalized spacial score (nSPS) is 14.3. The first-order valence-electron chi connectivity index (χ1n) is 7.07. The van der Waals surface area contributed by atoms with E-state index < -0.39 is 36.3 Å². The fourth-order valence-electron chi connectivity index (χ4n) is 2.31. The SMILES string of the molecule is O=C(O)C(Cc1ccc(F)cc1)(OC(F)(F)C(F)F)c1ccccc1. The summed E-state index contributed by atoms with van der Waals surface area (Å²) in [6.45, 7) is 0. The van der Waals surface area contributed by atoms with E-state index in [9.17, 15) is 31.9 Å². The number of halogens is 5. The van der Waals surface area contributed by atoms with E-state index in [4.69, 9.17) is 0 Å². The third-order valence-electron chi connectivity index (χ3n) is 3.52. The number of carboxylic acids is 1. The lowest BCUT2D eigenvalue weighted by atomic mass is 9.86. The van der Waals surface area contributed by atoms with Crippen LogP contribution in [0.5, 0.6) is 0 Å². The fraction of sp³-hybridized carbons (Fsp3) is 0.235. The fourth-order valence-corrected chi connectivity index (χ4v) is 2.31. The molecule has 2 rings (SSSR count). The van der Waals surface area contributed by atoms with E-state index in [-0.39, 0.29) is 11.1 Å². The zero-order valence-corrected chi connectivity index (χ0v) is 12.6. The van der Waals surface area contributed by atoms with Crippen LogP contribution >= 0.6 is 0 Å². The molecule has 0 bridgehead atoms. The van der Waals surface area contributed by atoms with Crippen LogP contribution < -0.4 is 0 Å². The van der Waals surface area contributed by atoms with Gasteiger partial charge < -0.3 is 5.11 Å². The number of aliphatic carboxylic acids is 1. The maximum Gasteiger partial charge on any atom is 0.417 e. The Balaban J connectivity index is 2.55. The number of hydrogen-bond acceptors (Lipinski definition) is 2. The third-order valence-corrected chi connectivity index (χ3v) is 3.52. The molecule has 0 aliphatic carbocycles. The topological polar surface area (TPSA) is 46.5 Å². The molecular formula is C17H13F5O3. The molecule has 8 heteroatoms. The van der Waals surface area contributed by atoms with Crippen LogP contribution in [-0.2, 0) is 21.6 Å². The Morgan fingerprint density at radius 1 is 1.04 bits per heavy atom. The van der Waals surface area contributed by atoms with Crippen LogP contribution in [0.1, 0.15) is 11.1 Å². The molecule has 0 spiro atoms. The van der Waals surface area contributed by atoms with Gasteiger partial charge in [-0.15, -0.1) is 0 Å². The molecule has 0 aliphatic heterocycles. The van der Waals surface area contributed by atoms with Crippen molar-refractivity contribution in [3.8, 4) is 0 Å². The summed E-state index contributed by atoms with van der Waals surface area (Å²) in [5.41, 5.74) is -2.90. The second kappa shape index (κ2) is 7.18. The van der Waals surface area contributed by atoms with Gasteiger partial charge >= 0.3 is 18.5 Å². The zero-order valence-electron chi connectivity index (χ0n) is 12.6. The standard InChI is InChI=1S/C17H13F5O3/c18-13-8-6-11(7-9-13)10-16(15(23)24,12-4-2-1-3-5-12)25-17(21,22)14(19)20/h1-9,14H,10H2,(H,23,24). The van der Waals surface area contributed by atoms with Crippen molar-refractivity contribution in [3.63, 3.8) is 0 Å². The lowest BCUT2D eigenvalue weighted by molar-refractivity contribution is -0.342. The monoisotopic (exact) mass is 360 g/mol. The molecule has 25 heavy (non-hydrogen) atoms. The largest absolute Gasteiger partial charge is 0.479 e. The number of ether oxygens (including phenoxy) is 1. The van der Waals surface area contributed by atoms with Gasteiger partial charge in [0.05, 0.1) is 0 Å². The first-order chi connectivity index (χ1) is 11.7. The van der Waals surface area contributed by atoms with Gasteiger partial charge in [-0.05, 0) is 23.3 Å². The predicted molar refractivity (Wildman–Crippen MR) is 77.9 cm³/mol. The van der Waals surface area contributed by atoms with Gasteiger partial charge in [-0.3, -0.25) is 4.74 Å². The van der Waals surface area contributed by atoms with E-state index in [2.05, 4.69) is 4.74 Å². The summed E-state index contributed by atoms with van der Waals surface area (Å²) in [5.74, 6) is -2.49. The molecule has 1 atom stereocenters. The molecule has 0 amide bonds. The minimum atomic E-state index is -4.99. The summed E-state index contributed by atoms with van der Waals surface area (Å²) in [7, 11) is 0. The Morgan fingerprint density at radius 3 is 2.08 bits per heavy atom. The van der Waals surface area contributed by atoms with E-state index in [0.717, 1.165) is 12.1 Å². The molecule has 0 fully saturated rings. The molecule has 0 radical (unpaired) electrons. The minimum Gasteiger partial charge on any atom is -0.479 e. The molecule has 3 nitrogen and oxygen atoms in total. The maximum atomic E-state index is 13.6. The van der Waals surface area contributed by atoms with Crippen LogP contribution in [0.4, 0.5) is 22.0 Å². The minimum absolute atomic E-state index is 0.123. The van der Waals surface area contributed by atoms with Crippen LogP contribution in [0.3, 0.4) is 0 Å². The van der Waals surface area contributed by atoms with E-state index in [1.54, 1.807) is 0 Å². The van der Waals surface area contributed by atoms with Crippen LogP contribution in [0, 0.1) is 5.82 Å². The summed E-state index contributed by atoms with van der Waals surface area (Å²) in [4.78, 5) is 11.8. The number of benzene rings is 2. The summed E-state index contributed by atoms with van der Waals surface area (Å²) >= 11 is 0. The molecule has 134 valence electrons. The number of hydrogen-bond donors (Lipinski definition) is 1. The second-order valence-corrected chi connectivity index (χ2v) is 5.27. The Bertz CT molecular complexity index is 719. The van der Waals surface area contributed by atoms with Gasteiger partial charge in [-0.2, -0.15) is 8.78 Å². The van der Waals surface area contributed by atoms with E-state index in [0.29, 0.717) is 0 Å². The van der Waals surface area contributed by atoms with Gasteiger partial charge in [0.15, 0.2) is 0 Å². The van der Waals surface area contributed by atoms with Crippen molar-refractivity contribution in [3.05, 3.63) is 71.5 Å². The molecule has 0 aliphatic rings. The quantitative estimate of drug-likeness (QED) is 0.752. The lowest BCUT2D eigenvalue weighted by Gasteiger charge is -2.33. The van der Waals surface area contributed by atoms with Crippen molar-refractivity contribution in [1.82, 2.24) is 0 Å². The Labute approximate surface area is 139 Å². The molecular weight excluding hydrogens is 347 g/mol. The summed E-state index contributed by atoms with van der Waals surface area (Å²) in [6.07, 6.45) is -9.91. The van der Waals surface area contributed by atoms with Gasteiger partial charge in [0.2, 0.25) is 5.60 Å². The van der Waals surface area contributed by atoms with E-state index >= 15 is 0 Å². The smallest absolute Gasteiger partial charge is 0.417 e. The van der Waals surface area contributed by atoms with E-state index in [1.165, 1.54) is 42.5 Å². The summed E-state index contributed by atoms with van der Waals surface area (Å²) in [5, 5.41) is 9.56. The van der Waals surface area contributed by atoms with Gasteiger partial charge in [0.1, 0.15) is 5.82 Å². The molecule has 2 aromatic rings. The summed E-state index contributed by atoms with van der Waals surface area (Å²) in [6, 6.07) is 10.9. The Morgan fingerprint density at radius 2 is 1.60 bits per heavy atom. The van der Waals surface area contributed by atoms with Gasteiger partial charge in [0.25, 0.3) is 0 Å². The van der Waals surface area contributed by atoms with Crippen molar-refractivity contribution in [2.45, 2.75) is 24.6 Å². The first kappa shape index (κ1) is 18.9. The number of alkyl halides is 4. The highest BCUT2D eigenvalue weighted by atomic mass is 19.3. The predicted octanol–water partition coefficient (Wildman–Crippen LogP) is 4.22. The van der Waals surface area contributed by atoms with Gasteiger partial charge in [-0.25, -0.2) is 18.0 Å². The van der Waals surface area contributed by atoms with Crippen LogP contribution in [0.2, 0.25) is 0 Å². The summed E-state index contributed by atoms with van der Waals surface area (Å²) < 4.78 is 69.5. The number of carbonyl (C=O) groups is 1.